The Morgan fingerprint density at radius 2 is 1.78 bits per heavy atom. The fraction of sp³-hybridized carbons (Fsp3) is 0.917. The van der Waals surface area contributed by atoms with Crippen LogP contribution in [0.4, 0.5) is 4.79 Å². The van der Waals surface area contributed by atoms with Gasteiger partial charge in [0.1, 0.15) is 0 Å². The standard InChI is InChI=1S/C12H27NO4Si/c1-9(10(16-6)13(5)11(14)15)17-18(7,8)12(2,3)4/h9-10H,1-8H3,(H,14,15). The van der Waals surface area contributed by atoms with Crippen LogP contribution in [0.2, 0.25) is 18.1 Å². The molecule has 2 unspecified atom stereocenters. The van der Waals surface area contributed by atoms with Crippen molar-refractivity contribution in [3.05, 3.63) is 0 Å². The molecule has 6 heteroatoms. The second-order valence-corrected chi connectivity index (χ2v) is 10.9. The first kappa shape index (κ1) is 17.4. The van der Waals surface area contributed by atoms with Crippen molar-refractivity contribution < 1.29 is 19.1 Å². The molecule has 0 aliphatic carbocycles. The monoisotopic (exact) mass is 277 g/mol. The molecule has 0 aromatic rings. The van der Waals surface area contributed by atoms with Gasteiger partial charge in [0.25, 0.3) is 0 Å². The highest BCUT2D eigenvalue weighted by molar-refractivity contribution is 6.74. The Morgan fingerprint density at radius 3 is 2.06 bits per heavy atom. The maximum atomic E-state index is 11.0. The van der Waals surface area contributed by atoms with Crippen molar-refractivity contribution in [1.82, 2.24) is 4.90 Å². The van der Waals surface area contributed by atoms with E-state index in [1.54, 1.807) is 0 Å². The number of likely N-dealkylation sites (N-methyl/N-ethyl adjacent to an activating group) is 1. The molecule has 5 nitrogen and oxygen atoms in total. The Hall–Kier alpha value is -0.593. The molecular weight excluding hydrogens is 250 g/mol. The quantitative estimate of drug-likeness (QED) is 0.620. The molecule has 0 bridgehead atoms. The van der Waals surface area contributed by atoms with E-state index < -0.39 is 20.6 Å². The molecular formula is C12H27NO4Si. The zero-order valence-corrected chi connectivity index (χ0v) is 13.8. The van der Waals surface area contributed by atoms with Crippen LogP contribution in [0.3, 0.4) is 0 Å². The number of methoxy groups -OCH3 is 1. The second kappa shape index (κ2) is 6.03. The lowest BCUT2D eigenvalue weighted by Gasteiger charge is -2.41. The van der Waals surface area contributed by atoms with E-state index in [0.717, 1.165) is 4.90 Å². The van der Waals surface area contributed by atoms with Crippen molar-refractivity contribution in [1.29, 1.82) is 0 Å². The molecule has 108 valence electrons. The summed E-state index contributed by atoms with van der Waals surface area (Å²) in [4.78, 5) is 12.1. The van der Waals surface area contributed by atoms with Crippen molar-refractivity contribution in [3.8, 4) is 0 Å². The van der Waals surface area contributed by atoms with E-state index in [9.17, 15) is 4.79 Å². The van der Waals surface area contributed by atoms with Gasteiger partial charge in [0.2, 0.25) is 0 Å². The van der Waals surface area contributed by atoms with Crippen LogP contribution in [0.5, 0.6) is 0 Å². The highest BCUT2D eigenvalue weighted by atomic mass is 28.4. The minimum atomic E-state index is -1.93. The van der Waals surface area contributed by atoms with Crippen molar-refractivity contribution in [2.45, 2.75) is 58.2 Å². The van der Waals surface area contributed by atoms with Gasteiger partial charge in [-0.05, 0) is 25.1 Å². The van der Waals surface area contributed by atoms with Gasteiger partial charge in [-0.2, -0.15) is 0 Å². The molecule has 0 saturated carbocycles. The number of hydrogen-bond donors (Lipinski definition) is 1. The average Bonchev–Trinajstić information content (AvgIpc) is 2.15. The third kappa shape index (κ3) is 4.26. The molecule has 2 atom stereocenters. The Bertz CT molecular complexity index is 288. The predicted octanol–water partition coefficient (Wildman–Crippen LogP) is 2.98. The van der Waals surface area contributed by atoms with Gasteiger partial charge >= 0.3 is 6.09 Å². The molecule has 0 spiro atoms. The number of carboxylic acid groups (broad SMARTS) is 1. The van der Waals surface area contributed by atoms with E-state index in [4.69, 9.17) is 14.3 Å². The number of carbonyl (C=O) groups is 1. The molecule has 0 radical (unpaired) electrons. The summed E-state index contributed by atoms with van der Waals surface area (Å²) in [5, 5.41) is 9.08. The predicted molar refractivity (Wildman–Crippen MR) is 74.3 cm³/mol. The third-order valence-corrected chi connectivity index (χ3v) is 8.19. The lowest BCUT2D eigenvalue weighted by molar-refractivity contribution is -0.0736. The van der Waals surface area contributed by atoms with E-state index in [1.807, 2.05) is 6.92 Å². The van der Waals surface area contributed by atoms with E-state index in [2.05, 4.69) is 33.9 Å². The number of ether oxygens (including phenoxy) is 1. The molecule has 1 N–H and O–H groups in total. The first-order chi connectivity index (χ1) is 7.94. The van der Waals surface area contributed by atoms with Gasteiger partial charge in [0, 0.05) is 14.2 Å². The van der Waals surface area contributed by atoms with Gasteiger partial charge < -0.3 is 14.3 Å². The van der Waals surface area contributed by atoms with Crippen LogP contribution in [0, 0.1) is 0 Å². The number of rotatable bonds is 5. The third-order valence-electron chi connectivity index (χ3n) is 3.61. The molecule has 0 aliphatic heterocycles. The minimum absolute atomic E-state index is 0.0847. The lowest BCUT2D eigenvalue weighted by atomic mass is 10.2. The Labute approximate surface area is 111 Å². The van der Waals surface area contributed by atoms with Gasteiger partial charge in [0.15, 0.2) is 14.5 Å². The van der Waals surface area contributed by atoms with Crippen LogP contribution in [0.25, 0.3) is 0 Å². The maximum absolute atomic E-state index is 11.0. The van der Waals surface area contributed by atoms with Crippen LogP contribution >= 0.6 is 0 Å². The van der Waals surface area contributed by atoms with Crippen molar-refractivity contribution >= 4 is 14.4 Å². The molecule has 0 aromatic heterocycles. The second-order valence-electron chi connectivity index (χ2n) is 6.10. The highest BCUT2D eigenvalue weighted by Crippen LogP contribution is 2.37. The minimum Gasteiger partial charge on any atom is -0.465 e. The smallest absolute Gasteiger partial charge is 0.409 e. The molecule has 0 rings (SSSR count). The number of nitrogens with zero attached hydrogens (tertiary/aromatic N) is 1. The number of amides is 1. The average molecular weight is 277 g/mol. The van der Waals surface area contributed by atoms with Crippen LogP contribution in [0.15, 0.2) is 0 Å². The summed E-state index contributed by atoms with van der Waals surface area (Å²) < 4.78 is 11.4. The van der Waals surface area contributed by atoms with E-state index in [1.165, 1.54) is 14.2 Å². The van der Waals surface area contributed by atoms with Crippen molar-refractivity contribution in [2.24, 2.45) is 0 Å². The normalized spacial score (nSPS) is 16.2. The summed E-state index contributed by atoms with van der Waals surface area (Å²) in [6.45, 7) is 12.6. The largest absolute Gasteiger partial charge is 0.465 e. The molecule has 0 heterocycles. The van der Waals surface area contributed by atoms with Crippen molar-refractivity contribution in [3.63, 3.8) is 0 Å². The van der Waals surface area contributed by atoms with Crippen LogP contribution in [0.1, 0.15) is 27.7 Å². The number of hydrogen-bond acceptors (Lipinski definition) is 3. The maximum Gasteiger partial charge on any atom is 0.409 e. The van der Waals surface area contributed by atoms with Gasteiger partial charge in [0.05, 0.1) is 6.10 Å². The highest BCUT2D eigenvalue weighted by Gasteiger charge is 2.40. The van der Waals surface area contributed by atoms with Gasteiger partial charge in [-0.15, -0.1) is 0 Å². The van der Waals surface area contributed by atoms with Crippen molar-refractivity contribution in [2.75, 3.05) is 14.2 Å². The molecule has 0 aromatic carbocycles. The van der Waals surface area contributed by atoms with Gasteiger partial charge in [-0.3, -0.25) is 4.90 Å². The van der Waals surface area contributed by atoms with Crippen LogP contribution < -0.4 is 0 Å². The van der Waals surface area contributed by atoms with Crippen LogP contribution in [-0.4, -0.2) is 50.9 Å². The Morgan fingerprint density at radius 1 is 1.33 bits per heavy atom. The summed E-state index contributed by atoms with van der Waals surface area (Å²) in [7, 11) is 1.06. The van der Waals surface area contributed by atoms with E-state index >= 15 is 0 Å². The fourth-order valence-corrected chi connectivity index (χ4v) is 2.87. The van der Waals surface area contributed by atoms with Crippen LogP contribution in [-0.2, 0) is 9.16 Å². The Balaban J connectivity index is 4.83. The molecule has 0 aliphatic rings. The van der Waals surface area contributed by atoms with Gasteiger partial charge in [-0.25, -0.2) is 4.79 Å². The molecule has 18 heavy (non-hydrogen) atoms. The van der Waals surface area contributed by atoms with E-state index in [-0.39, 0.29) is 11.1 Å². The molecule has 0 saturated heterocycles. The van der Waals surface area contributed by atoms with E-state index in [0.29, 0.717) is 0 Å². The molecule has 1 amide bonds. The first-order valence-electron chi connectivity index (χ1n) is 6.10. The zero-order valence-electron chi connectivity index (χ0n) is 12.8. The lowest BCUT2D eigenvalue weighted by Crippen LogP contribution is -2.51. The summed E-state index contributed by atoms with van der Waals surface area (Å²) >= 11 is 0. The summed E-state index contributed by atoms with van der Waals surface area (Å²) in [6, 6.07) is 0. The first-order valence-corrected chi connectivity index (χ1v) is 9.01. The summed E-state index contributed by atoms with van der Waals surface area (Å²) in [5.41, 5.74) is 0. The zero-order chi connectivity index (χ0) is 14.7. The SMILES string of the molecule is COC(C(C)O[Si](C)(C)C(C)(C)C)N(C)C(=O)O. The Kier molecular flexibility index (Phi) is 5.83. The topological polar surface area (TPSA) is 59.0 Å². The fourth-order valence-electron chi connectivity index (χ4n) is 1.47. The molecule has 0 fully saturated rings. The van der Waals surface area contributed by atoms with Gasteiger partial charge in [-0.1, -0.05) is 20.8 Å². The summed E-state index contributed by atoms with van der Waals surface area (Å²) in [5.74, 6) is 0. The summed E-state index contributed by atoms with van der Waals surface area (Å²) in [6.07, 6.45) is -1.90.